The number of alkyl carbamates (subject to hydrolysis) is 1. The highest BCUT2D eigenvalue weighted by Crippen LogP contribution is 2.28. The zero-order valence-corrected chi connectivity index (χ0v) is 42.2. The highest BCUT2D eigenvalue weighted by Gasteiger charge is 2.24. The summed E-state index contributed by atoms with van der Waals surface area (Å²) in [5, 5.41) is 15.9. The number of rotatable bonds is 47. The number of amides is 2. The van der Waals surface area contributed by atoms with E-state index >= 15 is 0 Å². The van der Waals surface area contributed by atoms with Gasteiger partial charge >= 0.3 is 12.1 Å². The summed E-state index contributed by atoms with van der Waals surface area (Å²) in [6.45, 7) is 15.3. The monoisotopic (exact) mass is 1000 g/mol. The topological polar surface area (TPSA) is 248 Å². The molecule has 4 N–H and O–H groups in total. The first-order valence-electron chi connectivity index (χ1n) is 25.3. The average Bonchev–Trinajstić information content (AvgIpc) is 3.60. The van der Waals surface area contributed by atoms with Gasteiger partial charge in [-0.15, -0.1) is 0 Å². The number of hydrogen-bond acceptors (Lipinski definition) is 18. The van der Waals surface area contributed by atoms with Gasteiger partial charge in [-0.25, -0.2) is 9.79 Å². The maximum Gasteiger partial charge on any atom is 0.407 e. The average molecular weight is 1000 g/mol. The molecule has 1 aliphatic carbocycles. The van der Waals surface area contributed by atoms with Crippen LogP contribution in [-0.4, -0.2) is 227 Å². The summed E-state index contributed by atoms with van der Waals surface area (Å²) in [4.78, 5) is 44.9. The van der Waals surface area contributed by atoms with Gasteiger partial charge in [-0.1, -0.05) is 13.3 Å². The lowest BCUT2D eigenvalue weighted by Gasteiger charge is -2.25. The third-order valence-corrected chi connectivity index (χ3v) is 10.9. The molecular weight excluding hydrogens is 915 g/mol. The number of aliphatic imine (C=N–C) groups is 1. The van der Waals surface area contributed by atoms with Crippen LogP contribution in [0.5, 0.6) is 0 Å². The molecule has 0 spiro atoms. The summed E-state index contributed by atoms with van der Waals surface area (Å²) < 4.78 is 62.1. The van der Waals surface area contributed by atoms with Gasteiger partial charge in [0.15, 0.2) is 0 Å². The van der Waals surface area contributed by atoms with Crippen LogP contribution in [0.4, 0.5) is 10.5 Å². The zero-order valence-electron chi connectivity index (χ0n) is 42.2. The van der Waals surface area contributed by atoms with E-state index in [4.69, 9.17) is 62.9 Å². The van der Waals surface area contributed by atoms with Crippen molar-refractivity contribution in [3.8, 4) is 0 Å². The molecule has 22 nitrogen and oxygen atoms in total. The number of carbonyl (C=O) groups excluding carboxylic acids is 2. The van der Waals surface area contributed by atoms with Crippen molar-refractivity contribution in [1.82, 2.24) is 24.9 Å². The Kier molecular flexibility index (Phi) is 35.2. The molecule has 0 bridgehead atoms. The van der Waals surface area contributed by atoms with Crippen molar-refractivity contribution < 1.29 is 71.6 Å². The van der Waals surface area contributed by atoms with Crippen molar-refractivity contribution in [3.63, 3.8) is 0 Å². The first-order chi connectivity index (χ1) is 34.3. The number of carboxylic acids is 1. The van der Waals surface area contributed by atoms with Gasteiger partial charge in [0.05, 0.1) is 150 Å². The number of likely N-dealkylation sites (N-methyl/N-ethyl adjacent to an activating group) is 1. The molecule has 70 heavy (non-hydrogen) atoms. The molecule has 2 heterocycles. The number of aliphatic carboxylic acids is 1. The molecule has 0 saturated heterocycles. The molecule has 0 aromatic carbocycles. The van der Waals surface area contributed by atoms with Crippen LogP contribution in [0.15, 0.2) is 16.8 Å². The minimum absolute atomic E-state index is 0.00931. The number of carboxylic acid groups (broad SMARTS) is 1. The van der Waals surface area contributed by atoms with Crippen molar-refractivity contribution in [2.75, 3.05) is 172 Å². The number of hydrogen-bond donors (Lipinski definition) is 3. The highest BCUT2D eigenvalue weighted by molar-refractivity contribution is 6.05. The fourth-order valence-electron chi connectivity index (χ4n) is 6.86. The Morgan fingerprint density at radius 2 is 1.20 bits per heavy atom. The predicted octanol–water partition coefficient (Wildman–Crippen LogP) is 3.31. The number of fused-ring (bicyclic) bond motifs is 1. The molecule has 1 saturated carbocycles. The Balaban J connectivity index is 1.07. The lowest BCUT2D eigenvalue weighted by molar-refractivity contribution is -0.138. The van der Waals surface area contributed by atoms with Gasteiger partial charge in [-0.05, 0) is 64.6 Å². The van der Waals surface area contributed by atoms with Gasteiger partial charge in [0.1, 0.15) is 17.6 Å². The maximum atomic E-state index is 13.8. The lowest BCUT2D eigenvalue weighted by atomic mass is 9.96. The second kappa shape index (κ2) is 40.7. The standard InChI is InChI=1S/C48H85N7O15/c1-3-13-54(15-8-12-50-48(59)70-42-9-7-10-42)47(58)41-38-44-43(52-45(49)39-41)40-51-55(44)16-6-4-5-14-53(2)17-19-61-21-23-63-25-27-65-29-31-67-33-35-69-37-36-68-34-32-66-30-28-64-26-24-62-22-20-60-18-11-46(56)57/h38,40,42H,3-37,39H2,1-2H3,(H2,49,52)(H,50,59)(H,56,57). The van der Waals surface area contributed by atoms with Crippen LogP contribution in [-0.2, 0) is 68.2 Å². The van der Waals surface area contributed by atoms with E-state index in [0.29, 0.717) is 175 Å². The first kappa shape index (κ1) is 60.5. The molecule has 3 rings (SSSR count). The summed E-state index contributed by atoms with van der Waals surface area (Å²) >= 11 is 0. The Morgan fingerprint density at radius 3 is 1.69 bits per heavy atom. The molecular formula is C48H85N7O15. The van der Waals surface area contributed by atoms with Gasteiger partial charge in [0.2, 0.25) is 5.91 Å². The molecule has 0 atom stereocenters. The Bertz CT molecular complexity index is 1580. The van der Waals surface area contributed by atoms with Crippen LogP contribution in [0.2, 0.25) is 0 Å². The third-order valence-electron chi connectivity index (χ3n) is 10.9. The van der Waals surface area contributed by atoms with Crippen LogP contribution in [0, 0.1) is 0 Å². The van der Waals surface area contributed by atoms with E-state index in [-0.39, 0.29) is 37.6 Å². The van der Waals surface area contributed by atoms with Gasteiger partial charge < -0.3 is 78.1 Å². The van der Waals surface area contributed by atoms with Crippen LogP contribution in [0.3, 0.4) is 0 Å². The van der Waals surface area contributed by atoms with Crippen LogP contribution >= 0.6 is 0 Å². The number of unbranched alkanes of at least 4 members (excludes halogenated alkanes) is 2. The van der Waals surface area contributed by atoms with Crippen LogP contribution in [0.1, 0.15) is 76.8 Å². The summed E-state index contributed by atoms with van der Waals surface area (Å²) in [5.41, 5.74) is 8.33. The number of nitrogens with two attached hydrogens (primary N) is 1. The zero-order chi connectivity index (χ0) is 50.1. The molecule has 1 aromatic rings. The number of ether oxygens (including phenoxy) is 11. The van der Waals surface area contributed by atoms with E-state index in [0.717, 1.165) is 63.7 Å². The number of nitrogens with zero attached hydrogens (tertiary/aromatic N) is 5. The molecule has 1 fully saturated rings. The van der Waals surface area contributed by atoms with Crippen molar-refractivity contribution >= 4 is 35.6 Å². The Hall–Kier alpha value is -3.81. The fourth-order valence-corrected chi connectivity index (χ4v) is 6.86. The van der Waals surface area contributed by atoms with Crippen LogP contribution < -0.4 is 11.1 Å². The van der Waals surface area contributed by atoms with E-state index in [9.17, 15) is 14.4 Å². The minimum atomic E-state index is -0.879. The number of aryl methyl sites for hydroxylation is 1. The Labute approximate surface area is 415 Å². The van der Waals surface area contributed by atoms with E-state index in [2.05, 4.69) is 27.4 Å². The molecule has 1 aliphatic heterocycles. The highest BCUT2D eigenvalue weighted by atomic mass is 16.6. The molecule has 0 radical (unpaired) electrons. The predicted molar refractivity (Wildman–Crippen MR) is 262 cm³/mol. The third kappa shape index (κ3) is 30.2. The fraction of sp³-hybridized carbons (Fsp3) is 0.812. The number of nitrogens with one attached hydrogen (secondary N) is 1. The molecule has 22 heteroatoms. The van der Waals surface area contributed by atoms with E-state index in [1.165, 1.54) is 0 Å². The lowest BCUT2D eigenvalue weighted by Crippen LogP contribution is -2.37. The van der Waals surface area contributed by atoms with Gasteiger partial charge in [-0.3, -0.25) is 14.3 Å². The SMILES string of the molecule is CCCN(CCCNC(=O)OC1CCC1)C(=O)C1=Cc2c(cnn2CCCCCN(C)CCOCCOCCOCCOCCOCCOCCOCCOCCOCCOCCC(=O)O)N=C(N)C1. The number of amidine groups is 1. The molecule has 2 aliphatic rings. The first-order valence-corrected chi connectivity index (χ1v) is 25.3. The molecule has 0 unspecified atom stereocenters. The second-order valence-electron chi connectivity index (χ2n) is 16.7. The van der Waals surface area contributed by atoms with Crippen LogP contribution in [0.25, 0.3) is 6.08 Å². The van der Waals surface area contributed by atoms with E-state index in [1.54, 1.807) is 6.20 Å². The largest absolute Gasteiger partial charge is 0.481 e. The number of carbonyl (C=O) groups is 3. The summed E-state index contributed by atoms with van der Waals surface area (Å²) in [5.74, 6) is -0.568. The Morgan fingerprint density at radius 1 is 0.686 bits per heavy atom. The van der Waals surface area contributed by atoms with E-state index < -0.39 is 5.97 Å². The summed E-state index contributed by atoms with van der Waals surface area (Å²) in [7, 11) is 2.10. The van der Waals surface area contributed by atoms with Gasteiger partial charge in [0.25, 0.3) is 0 Å². The molecule has 2 amide bonds. The second-order valence-corrected chi connectivity index (χ2v) is 16.7. The minimum Gasteiger partial charge on any atom is -0.481 e. The summed E-state index contributed by atoms with van der Waals surface area (Å²) in [6, 6.07) is 0. The quantitative estimate of drug-likeness (QED) is 0.0793. The van der Waals surface area contributed by atoms with Crippen molar-refractivity contribution in [3.05, 3.63) is 17.5 Å². The van der Waals surface area contributed by atoms with Crippen molar-refractivity contribution in [2.45, 2.75) is 83.8 Å². The van der Waals surface area contributed by atoms with E-state index in [1.807, 2.05) is 22.6 Å². The van der Waals surface area contributed by atoms with Gasteiger partial charge in [-0.2, -0.15) is 5.10 Å². The normalized spacial score (nSPS) is 13.7. The van der Waals surface area contributed by atoms with Crippen molar-refractivity contribution in [1.29, 1.82) is 0 Å². The molecule has 402 valence electrons. The maximum absolute atomic E-state index is 13.8. The smallest absolute Gasteiger partial charge is 0.407 e. The molecule has 1 aromatic heterocycles. The van der Waals surface area contributed by atoms with Crippen molar-refractivity contribution in [2.24, 2.45) is 10.7 Å². The summed E-state index contributed by atoms with van der Waals surface area (Å²) in [6.07, 6.45) is 10.9. The van der Waals surface area contributed by atoms with Gasteiger partial charge in [0, 0.05) is 44.7 Å². The number of aromatic nitrogens is 2.